The normalized spacial score (nSPS) is 11.8. The molecule has 0 saturated heterocycles. The summed E-state index contributed by atoms with van der Waals surface area (Å²) >= 11 is 0. The molecule has 2 N–H and O–H groups in total. The Morgan fingerprint density at radius 2 is 1.95 bits per heavy atom. The molecule has 0 aliphatic rings. The van der Waals surface area contributed by atoms with Gasteiger partial charge in [0, 0.05) is 6.04 Å². The largest absolute Gasteiger partial charge is 0.490 e. The zero-order chi connectivity index (χ0) is 15.7. The van der Waals surface area contributed by atoms with Gasteiger partial charge < -0.3 is 19.9 Å². The summed E-state index contributed by atoms with van der Waals surface area (Å²) in [5.41, 5.74) is 6.96. The average Bonchev–Trinajstić information content (AvgIpc) is 2.47. The van der Waals surface area contributed by atoms with Crippen LogP contribution in [0.3, 0.4) is 0 Å². The van der Waals surface area contributed by atoms with Gasteiger partial charge in [0.05, 0.1) is 13.2 Å². The molecule has 0 aromatic heterocycles. The number of hydrogen-bond acceptors (Lipinski definition) is 5. The van der Waals surface area contributed by atoms with Crippen molar-refractivity contribution in [3.63, 3.8) is 0 Å². The van der Waals surface area contributed by atoms with Crippen LogP contribution in [0.5, 0.6) is 11.5 Å². The van der Waals surface area contributed by atoms with Gasteiger partial charge in [-0.2, -0.15) is 0 Å². The van der Waals surface area contributed by atoms with Gasteiger partial charge in [-0.3, -0.25) is 0 Å². The maximum atomic E-state index is 11.5. The van der Waals surface area contributed by atoms with Crippen LogP contribution in [0.25, 0.3) is 0 Å². The van der Waals surface area contributed by atoms with Crippen LogP contribution in [0.4, 0.5) is 0 Å². The average molecular weight is 295 g/mol. The highest BCUT2D eigenvalue weighted by Gasteiger charge is 2.15. The lowest BCUT2D eigenvalue weighted by atomic mass is 10.0. The number of carbonyl (C=O) groups is 1. The molecule has 21 heavy (non-hydrogen) atoms. The lowest BCUT2D eigenvalue weighted by Crippen LogP contribution is -2.22. The van der Waals surface area contributed by atoms with Gasteiger partial charge in [0.2, 0.25) is 0 Å². The molecule has 0 amide bonds. The minimum absolute atomic E-state index is 0.0480. The topological polar surface area (TPSA) is 70.8 Å². The lowest BCUT2D eigenvalue weighted by molar-refractivity contribution is -0.145. The molecule has 118 valence electrons. The maximum absolute atomic E-state index is 11.5. The number of hydrogen-bond donors (Lipinski definition) is 1. The first-order chi connectivity index (χ1) is 10.1. The van der Waals surface area contributed by atoms with E-state index in [2.05, 4.69) is 0 Å². The van der Waals surface area contributed by atoms with Crippen molar-refractivity contribution in [2.75, 3.05) is 19.8 Å². The minimum atomic E-state index is -0.394. The van der Waals surface area contributed by atoms with Crippen molar-refractivity contribution in [2.45, 2.75) is 39.7 Å². The van der Waals surface area contributed by atoms with E-state index in [1.807, 2.05) is 32.0 Å². The fourth-order valence-electron chi connectivity index (χ4n) is 1.92. The van der Waals surface area contributed by atoms with Gasteiger partial charge in [-0.05, 0) is 38.3 Å². The van der Waals surface area contributed by atoms with Gasteiger partial charge >= 0.3 is 5.97 Å². The zero-order valence-corrected chi connectivity index (χ0v) is 13.1. The van der Waals surface area contributed by atoms with E-state index in [0.717, 1.165) is 12.0 Å². The van der Waals surface area contributed by atoms with Crippen molar-refractivity contribution in [1.29, 1.82) is 0 Å². The Kier molecular flexibility index (Phi) is 7.61. The summed E-state index contributed by atoms with van der Waals surface area (Å²) in [6, 6.07) is 5.72. The molecule has 0 heterocycles. The van der Waals surface area contributed by atoms with Crippen LogP contribution in [0, 0.1) is 0 Å². The van der Waals surface area contributed by atoms with E-state index < -0.39 is 5.97 Å². The zero-order valence-electron chi connectivity index (χ0n) is 13.1. The van der Waals surface area contributed by atoms with E-state index in [-0.39, 0.29) is 12.6 Å². The van der Waals surface area contributed by atoms with Crippen molar-refractivity contribution in [1.82, 2.24) is 0 Å². The molecule has 1 rings (SSSR count). The first-order valence-corrected chi connectivity index (χ1v) is 7.40. The summed E-state index contributed by atoms with van der Waals surface area (Å²) in [5.74, 6) is 0.813. The monoisotopic (exact) mass is 295 g/mol. The lowest BCUT2D eigenvalue weighted by Gasteiger charge is -2.17. The fourth-order valence-corrected chi connectivity index (χ4v) is 1.92. The summed E-state index contributed by atoms with van der Waals surface area (Å²) in [6.45, 7) is 6.43. The predicted octanol–water partition coefficient (Wildman–Crippen LogP) is 2.31. The Morgan fingerprint density at radius 3 is 2.57 bits per heavy atom. The molecule has 1 aromatic carbocycles. The van der Waals surface area contributed by atoms with Gasteiger partial charge in [0.15, 0.2) is 18.1 Å². The third-order valence-corrected chi connectivity index (χ3v) is 3.01. The minimum Gasteiger partial charge on any atom is -0.490 e. The van der Waals surface area contributed by atoms with Crippen LogP contribution in [0.15, 0.2) is 18.2 Å². The molecule has 5 nitrogen and oxygen atoms in total. The number of ether oxygens (including phenoxy) is 3. The highest BCUT2D eigenvalue weighted by molar-refractivity contribution is 5.71. The first-order valence-electron chi connectivity index (χ1n) is 7.40. The van der Waals surface area contributed by atoms with Gasteiger partial charge in [-0.1, -0.05) is 19.1 Å². The van der Waals surface area contributed by atoms with Crippen LogP contribution in [-0.2, 0) is 16.0 Å². The van der Waals surface area contributed by atoms with E-state index >= 15 is 0 Å². The molecule has 0 spiro atoms. The van der Waals surface area contributed by atoms with Crippen molar-refractivity contribution >= 4 is 5.97 Å². The molecule has 1 atom stereocenters. The van der Waals surface area contributed by atoms with E-state index in [1.165, 1.54) is 0 Å². The molecule has 5 heteroatoms. The molecule has 0 aliphatic heterocycles. The molecule has 1 unspecified atom stereocenters. The second kappa shape index (κ2) is 9.23. The molecule has 0 aliphatic carbocycles. The molecular weight excluding hydrogens is 270 g/mol. The quantitative estimate of drug-likeness (QED) is 0.708. The number of para-hydroxylation sites is 1. The van der Waals surface area contributed by atoms with Crippen molar-refractivity contribution in [3.8, 4) is 11.5 Å². The highest BCUT2D eigenvalue weighted by atomic mass is 16.6. The smallest absolute Gasteiger partial charge is 0.344 e. The van der Waals surface area contributed by atoms with E-state index in [1.54, 1.807) is 6.92 Å². The Balaban J connectivity index is 2.90. The van der Waals surface area contributed by atoms with Crippen LogP contribution in [-0.4, -0.2) is 31.8 Å². The number of nitrogens with two attached hydrogens (primary N) is 1. The second-order valence-electron chi connectivity index (χ2n) is 4.64. The number of carbonyl (C=O) groups excluding carboxylic acids is 1. The van der Waals surface area contributed by atoms with Crippen LogP contribution in [0.1, 0.15) is 32.8 Å². The SMILES string of the molecule is CCOC(=O)COc1c(CC(N)CC)cccc1OCC. The number of esters is 1. The predicted molar refractivity (Wildman–Crippen MR) is 81.7 cm³/mol. The number of rotatable bonds is 9. The second-order valence-corrected chi connectivity index (χ2v) is 4.64. The van der Waals surface area contributed by atoms with Crippen LogP contribution >= 0.6 is 0 Å². The Hall–Kier alpha value is -1.75. The maximum Gasteiger partial charge on any atom is 0.344 e. The summed E-state index contributed by atoms with van der Waals surface area (Å²) in [5, 5.41) is 0. The van der Waals surface area contributed by atoms with E-state index in [9.17, 15) is 4.79 Å². The summed E-state index contributed by atoms with van der Waals surface area (Å²) in [7, 11) is 0. The molecular formula is C16H25NO4. The summed E-state index contributed by atoms with van der Waals surface area (Å²) in [6.07, 6.45) is 1.55. The third-order valence-electron chi connectivity index (χ3n) is 3.01. The van der Waals surface area contributed by atoms with Gasteiger partial charge in [-0.15, -0.1) is 0 Å². The van der Waals surface area contributed by atoms with Gasteiger partial charge in [0.1, 0.15) is 0 Å². The Bertz CT molecular complexity index is 448. The molecule has 0 bridgehead atoms. The van der Waals surface area contributed by atoms with E-state index in [4.69, 9.17) is 19.9 Å². The Morgan fingerprint density at radius 1 is 1.19 bits per heavy atom. The summed E-state index contributed by atoms with van der Waals surface area (Å²) in [4.78, 5) is 11.5. The summed E-state index contributed by atoms with van der Waals surface area (Å²) < 4.78 is 16.1. The molecule has 0 radical (unpaired) electrons. The highest BCUT2D eigenvalue weighted by Crippen LogP contribution is 2.32. The third kappa shape index (κ3) is 5.63. The first kappa shape index (κ1) is 17.3. The standard InChI is InChI=1S/C16H25NO4/c1-4-13(17)10-12-8-7-9-14(19-5-2)16(12)21-11-15(18)20-6-3/h7-9,13H,4-6,10-11,17H2,1-3H3. The Labute approximate surface area is 126 Å². The van der Waals surface area contributed by atoms with E-state index in [0.29, 0.717) is 31.1 Å². The van der Waals surface area contributed by atoms with Crippen molar-refractivity contribution < 1.29 is 19.0 Å². The van der Waals surface area contributed by atoms with Gasteiger partial charge in [-0.25, -0.2) is 4.79 Å². The van der Waals surface area contributed by atoms with Crippen LogP contribution < -0.4 is 15.2 Å². The van der Waals surface area contributed by atoms with Crippen LogP contribution in [0.2, 0.25) is 0 Å². The van der Waals surface area contributed by atoms with Crippen molar-refractivity contribution in [2.24, 2.45) is 5.73 Å². The molecule has 1 aromatic rings. The molecule has 0 saturated carbocycles. The van der Waals surface area contributed by atoms with Crippen molar-refractivity contribution in [3.05, 3.63) is 23.8 Å². The number of benzene rings is 1. The molecule has 0 fully saturated rings. The van der Waals surface area contributed by atoms with Gasteiger partial charge in [0.25, 0.3) is 0 Å². The fraction of sp³-hybridized carbons (Fsp3) is 0.562.